The number of hydrogen-bond acceptors (Lipinski definition) is 9. The van der Waals surface area contributed by atoms with Crippen molar-refractivity contribution >= 4 is 56.7 Å². The van der Waals surface area contributed by atoms with E-state index in [1.165, 1.54) is 14.2 Å². The number of likely N-dealkylation sites (tertiary alicyclic amines) is 2. The first-order chi connectivity index (χ1) is 28.9. The number of fused-ring (bicyclic) bond motifs is 4. The SMILES string of the molecule is COC(=O)NC(C(=O)N1CCCC1c1ncc(-c2ccc3nc(-c4ccc5c(ccc6[nH]c(C7CCCN7C(=O)C(NC(=O)OC)C(C)C)nc65)c4)ccc3c2)[nH]1)C(C)C. The monoisotopic (exact) mass is 813 g/mol. The molecule has 8 rings (SSSR count). The smallest absolute Gasteiger partial charge is 0.407 e. The molecule has 15 nitrogen and oxygen atoms in total. The van der Waals surface area contributed by atoms with Gasteiger partial charge in [0.25, 0.3) is 0 Å². The van der Waals surface area contributed by atoms with Crippen LogP contribution in [0, 0.1) is 11.8 Å². The number of nitrogens with one attached hydrogen (secondary N) is 4. The lowest BCUT2D eigenvalue weighted by molar-refractivity contribution is -0.136. The maximum absolute atomic E-state index is 13.7. The number of ether oxygens (including phenoxy) is 2. The molecule has 15 heteroatoms. The molecule has 2 fully saturated rings. The van der Waals surface area contributed by atoms with Crippen LogP contribution in [0.1, 0.15) is 77.1 Å². The number of alkyl carbamates (subject to hydrolysis) is 2. The lowest BCUT2D eigenvalue weighted by Crippen LogP contribution is -2.51. The van der Waals surface area contributed by atoms with Crippen LogP contribution in [0.2, 0.25) is 0 Å². The van der Waals surface area contributed by atoms with Gasteiger partial charge in [-0.1, -0.05) is 58.0 Å². The fraction of sp³-hybridized carbons (Fsp3) is 0.400. The summed E-state index contributed by atoms with van der Waals surface area (Å²) in [4.78, 5) is 76.7. The topological polar surface area (TPSA) is 188 Å². The minimum Gasteiger partial charge on any atom is -0.453 e. The highest BCUT2D eigenvalue weighted by Gasteiger charge is 2.39. The van der Waals surface area contributed by atoms with Crippen molar-refractivity contribution in [3.8, 4) is 22.5 Å². The number of aromatic nitrogens is 5. The molecule has 2 aliphatic rings. The predicted octanol–water partition coefficient (Wildman–Crippen LogP) is 7.41. The zero-order chi connectivity index (χ0) is 42.2. The minimum atomic E-state index is -0.700. The van der Waals surface area contributed by atoms with E-state index in [1.54, 1.807) is 6.20 Å². The van der Waals surface area contributed by atoms with E-state index in [4.69, 9.17) is 24.4 Å². The van der Waals surface area contributed by atoms with Crippen molar-refractivity contribution < 1.29 is 28.7 Å². The molecule has 0 spiro atoms. The molecule has 60 heavy (non-hydrogen) atoms. The number of hydrogen-bond donors (Lipinski definition) is 4. The van der Waals surface area contributed by atoms with E-state index >= 15 is 0 Å². The summed E-state index contributed by atoms with van der Waals surface area (Å²) in [6.45, 7) is 8.78. The number of benzene rings is 3. The van der Waals surface area contributed by atoms with Gasteiger partial charge in [0.1, 0.15) is 23.7 Å². The Morgan fingerprint density at radius 1 is 0.700 bits per heavy atom. The van der Waals surface area contributed by atoms with E-state index in [0.29, 0.717) is 18.9 Å². The molecule has 4 unspecified atom stereocenters. The molecule has 4 atom stereocenters. The van der Waals surface area contributed by atoms with Gasteiger partial charge in [-0.05, 0) is 73.2 Å². The van der Waals surface area contributed by atoms with Gasteiger partial charge in [-0.15, -0.1) is 0 Å². The molecule has 0 aliphatic carbocycles. The Hall–Kier alpha value is -6.51. The van der Waals surface area contributed by atoms with Crippen LogP contribution in [0.4, 0.5) is 9.59 Å². The van der Waals surface area contributed by atoms with Gasteiger partial charge in [0.15, 0.2) is 0 Å². The second kappa shape index (κ2) is 16.6. The average molecular weight is 814 g/mol. The highest BCUT2D eigenvalue weighted by atomic mass is 16.5. The van der Waals surface area contributed by atoms with E-state index in [0.717, 1.165) is 86.7 Å². The van der Waals surface area contributed by atoms with Gasteiger partial charge >= 0.3 is 12.2 Å². The predicted molar refractivity (Wildman–Crippen MR) is 228 cm³/mol. The fourth-order valence-electron chi connectivity index (χ4n) is 8.63. The summed E-state index contributed by atoms with van der Waals surface area (Å²) in [5.41, 5.74) is 6.20. The van der Waals surface area contributed by atoms with Gasteiger partial charge in [0, 0.05) is 35.0 Å². The number of H-pyrrole nitrogens is 2. The van der Waals surface area contributed by atoms with Gasteiger partial charge in [-0.3, -0.25) is 9.59 Å². The first kappa shape index (κ1) is 40.3. The standard InChI is InChI=1S/C45H51N9O6/c1-24(2)37(51-44(57)59-5)42(55)53-19-7-9-35(53)40-46-23-34(49-40)29-14-17-32-28(22-29)13-16-31(47-32)27-11-15-30-26(21-27)12-18-33-39(30)50-41(48-33)36-10-8-20-54(36)43(56)38(25(3)4)52-45(58)60-6/h11-18,21-25,35-38H,7-10,19-20H2,1-6H3,(H,46,49)(H,48,50)(H,51,57)(H,52,58). The maximum atomic E-state index is 13.7. The van der Waals surface area contributed by atoms with Crippen LogP contribution in [-0.2, 0) is 19.1 Å². The largest absolute Gasteiger partial charge is 0.453 e. The summed E-state index contributed by atoms with van der Waals surface area (Å²) in [7, 11) is 2.58. The third kappa shape index (κ3) is 7.71. The zero-order valence-corrected chi connectivity index (χ0v) is 34.7. The molecule has 0 saturated carbocycles. The Bertz CT molecular complexity index is 2600. The molecule has 5 heterocycles. The minimum absolute atomic E-state index is 0.113. The van der Waals surface area contributed by atoms with Crippen molar-refractivity contribution in [2.75, 3.05) is 27.3 Å². The van der Waals surface area contributed by atoms with Crippen molar-refractivity contribution in [1.82, 2.24) is 45.4 Å². The summed E-state index contributed by atoms with van der Waals surface area (Å²) in [6, 6.07) is 18.7. The third-order valence-corrected chi connectivity index (χ3v) is 11.9. The number of methoxy groups -OCH3 is 2. The van der Waals surface area contributed by atoms with Crippen LogP contribution in [-0.4, -0.2) is 98.1 Å². The number of amides is 4. The molecular formula is C45H51N9O6. The van der Waals surface area contributed by atoms with Crippen LogP contribution in [0.15, 0.2) is 66.9 Å². The number of carbonyl (C=O) groups excluding carboxylic acids is 4. The first-order valence-electron chi connectivity index (χ1n) is 20.6. The molecule has 4 N–H and O–H groups in total. The summed E-state index contributed by atoms with van der Waals surface area (Å²) >= 11 is 0. The van der Waals surface area contributed by atoms with E-state index in [9.17, 15) is 19.2 Å². The first-order valence-corrected chi connectivity index (χ1v) is 20.6. The van der Waals surface area contributed by atoms with E-state index < -0.39 is 24.3 Å². The number of carbonyl (C=O) groups is 4. The van der Waals surface area contributed by atoms with Crippen molar-refractivity contribution in [2.24, 2.45) is 11.8 Å². The normalized spacial score (nSPS) is 17.8. The average Bonchev–Trinajstić information content (AvgIpc) is 4.09. The van der Waals surface area contributed by atoms with Crippen LogP contribution in [0.25, 0.3) is 55.2 Å². The quantitative estimate of drug-likeness (QED) is 0.109. The van der Waals surface area contributed by atoms with E-state index in [2.05, 4.69) is 57.0 Å². The lowest BCUT2D eigenvalue weighted by Gasteiger charge is -2.30. The summed E-state index contributed by atoms with van der Waals surface area (Å²) in [5, 5.41) is 8.41. The van der Waals surface area contributed by atoms with Crippen LogP contribution >= 0.6 is 0 Å². The van der Waals surface area contributed by atoms with Gasteiger partial charge < -0.3 is 39.9 Å². The lowest BCUT2D eigenvalue weighted by atomic mass is 10.0. The molecule has 0 radical (unpaired) electrons. The summed E-state index contributed by atoms with van der Waals surface area (Å²) in [6.07, 6.45) is 3.77. The second-order valence-electron chi connectivity index (χ2n) is 16.4. The van der Waals surface area contributed by atoms with Crippen molar-refractivity contribution in [1.29, 1.82) is 0 Å². The maximum Gasteiger partial charge on any atom is 0.407 e. The zero-order valence-electron chi connectivity index (χ0n) is 34.7. The third-order valence-electron chi connectivity index (χ3n) is 11.9. The highest BCUT2D eigenvalue weighted by molar-refractivity contribution is 6.05. The molecular weight excluding hydrogens is 763 g/mol. The number of aromatic amines is 2. The van der Waals surface area contributed by atoms with Crippen LogP contribution < -0.4 is 10.6 Å². The second-order valence-corrected chi connectivity index (χ2v) is 16.4. The Labute approximate surface area is 347 Å². The van der Waals surface area contributed by atoms with Crippen molar-refractivity contribution in [3.05, 3.63) is 78.5 Å². The van der Waals surface area contributed by atoms with E-state index in [1.807, 2.05) is 61.8 Å². The van der Waals surface area contributed by atoms with Gasteiger partial charge in [0.2, 0.25) is 11.8 Å². The Kier molecular flexibility index (Phi) is 11.2. The molecule has 6 aromatic rings. The molecule has 3 aromatic carbocycles. The molecule has 3 aromatic heterocycles. The molecule has 2 aliphatic heterocycles. The number of imidazole rings is 2. The van der Waals surface area contributed by atoms with Crippen LogP contribution in [0.3, 0.4) is 0 Å². The number of nitrogens with zero attached hydrogens (tertiary/aromatic N) is 5. The molecule has 0 bridgehead atoms. The van der Waals surface area contributed by atoms with Crippen LogP contribution in [0.5, 0.6) is 0 Å². The number of pyridine rings is 1. The van der Waals surface area contributed by atoms with Gasteiger partial charge in [-0.25, -0.2) is 24.5 Å². The van der Waals surface area contributed by atoms with Crippen molar-refractivity contribution in [2.45, 2.75) is 77.5 Å². The summed E-state index contributed by atoms with van der Waals surface area (Å²) in [5.74, 6) is 0.928. The van der Waals surface area contributed by atoms with Crippen molar-refractivity contribution in [3.63, 3.8) is 0 Å². The Morgan fingerprint density at radius 2 is 1.30 bits per heavy atom. The molecule has 2 saturated heterocycles. The molecule has 4 amide bonds. The number of rotatable bonds is 10. The van der Waals surface area contributed by atoms with E-state index in [-0.39, 0.29) is 35.7 Å². The van der Waals surface area contributed by atoms with Gasteiger partial charge in [0.05, 0.1) is 60.4 Å². The van der Waals surface area contributed by atoms with Gasteiger partial charge in [-0.2, -0.15) is 0 Å². The Morgan fingerprint density at radius 3 is 1.93 bits per heavy atom. The Balaban J connectivity index is 0.998. The summed E-state index contributed by atoms with van der Waals surface area (Å²) < 4.78 is 9.56. The highest BCUT2D eigenvalue weighted by Crippen LogP contribution is 2.36. The fourth-order valence-corrected chi connectivity index (χ4v) is 8.63. The molecule has 312 valence electrons.